The first-order valence-electron chi connectivity index (χ1n) is 7.31. The van der Waals surface area contributed by atoms with Gasteiger partial charge in [-0.25, -0.2) is 0 Å². The number of H-pyrrole nitrogens is 1. The number of carboxylic acid groups (broad SMARTS) is 1. The molecule has 2 heterocycles. The van der Waals surface area contributed by atoms with Gasteiger partial charge >= 0.3 is 16.8 Å². The normalized spacial score (nSPS) is 16.6. The van der Waals surface area contributed by atoms with E-state index in [2.05, 4.69) is 9.88 Å². The van der Waals surface area contributed by atoms with E-state index in [0.29, 0.717) is 44.8 Å². The summed E-state index contributed by atoms with van der Waals surface area (Å²) >= 11 is 1.10. The average Bonchev–Trinajstić information content (AvgIpc) is 2.79. The van der Waals surface area contributed by atoms with Crippen molar-refractivity contribution in [3.05, 3.63) is 20.2 Å². The van der Waals surface area contributed by atoms with Gasteiger partial charge in [-0.05, 0) is 32.9 Å². The topological polar surface area (TPSA) is 99.7 Å². The predicted octanol–water partition coefficient (Wildman–Crippen LogP) is 0.839. The maximum absolute atomic E-state index is 11.6. The highest BCUT2D eigenvalue weighted by Gasteiger charge is 2.25. The van der Waals surface area contributed by atoms with Gasteiger partial charge in [-0.15, -0.1) is 0 Å². The van der Waals surface area contributed by atoms with Crippen molar-refractivity contribution in [2.75, 3.05) is 19.7 Å². The second-order valence-electron chi connectivity index (χ2n) is 5.29. The number of rotatable bonds is 6. The SMILES string of the molecule is CCOC(=O)Cc1[nH]c(=O)sc1CN1CCC(C(=O)O)CC1. The number of esters is 1. The van der Waals surface area contributed by atoms with E-state index < -0.39 is 5.97 Å². The number of aromatic nitrogens is 1. The average molecular weight is 328 g/mol. The highest BCUT2D eigenvalue weighted by Crippen LogP contribution is 2.21. The third kappa shape index (κ3) is 4.41. The molecule has 1 aromatic heterocycles. The van der Waals surface area contributed by atoms with E-state index in [-0.39, 0.29) is 23.2 Å². The van der Waals surface area contributed by atoms with E-state index >= 15 is 0 Å². The fraction of sp³-hybridized carbons (Fsp3) is 0.643. The van der Waals surface area contributed by atoms with E-state index in [1.165, 1.54) is 0 Å². The summed E-state index contributed by atoms with van der Waals surface area (Å²) in [5.41, 5.74) is 0.605. The Labute approximate surface area is 131 Å². The van der Waals surface area contributed by atoms with Gasteiger partial charge in [0.25, 0.3) is 0 Å². The van der Waals surface area contributed by atoms with E-state index in [9.17, 15) is 14.4 Å². The third-order valence-electron chi connectivity index (χ3n) is 3.74. The lowest BCUT2D eigenvalue weighted by molar-refractivity contribution is -0.144. The second kappa shape index (κ2) is 7.55. The van der Waals surface area contributed by atoms with Crippen LogP contribution in [-0.2, 0) is 27.3 Å². The highest BCUT2D eigenvalue weighted by atomic mass is 32.1. The molecule has 0 saturated carbocycles. The molecule has 0 bridgehead atoms. The fourth-order valence-corrected chi connectivity index (χ4v) is 3.45. The van der Waals surface area contributed by atoms with Crippen molar-refractivity contribution >= 4 is 23.3 Å². The quantitative estimate of drug-likeness (QED) is 0.751. The Bertz CT molecular complexity index is 586. The lowest BCUT2D eigenvalue weighted by Gasteiger charge is -2.29. The number of carboxylic acids is 1. The zero-order valence-corrected chi connectivity index (χ0v) is 13.3. The van der Waals surface area contributed by atoms with Crippen LogP contribution in [0.5, 0.6) is 0 Å². The van der Waals surface area contributed by atoms with Crippen LogP contribution >= 0.6 is 11.3 Å². The number of likely N-dealkylation sites (tertiary alicyclic amines) is 1. The molecule has 1 fully saturated rings. The molecule has 0 unspecified atom stereocenters. The number of hydrogen-bond acceptors (Lipinski definition) is 6. The van der Waals surface area contributed by atoms with Crippen LogP contribution in [0.15, 0.2) is 4.79 Å². The van der Waals surface area contributed by atoms with E-state index in [1.54, 1.807) is 6.92 Å². The molecule has 122 valence electrons. The third-order valence-corrected chi connectivity index (χ3v) is 4.65. The molecule has 1 aliphatic rings. The highest BCUT2D eigenvalue weighted by molar-refractivity contribution is 7.09. The van der Waals surface area contributed by atoms with Crippen LogP contribution in [0.4, 0.5) is 0 Å². The maximum atomic E-state index is 11.6. The zero-order valence-electron chi connectivity index (χ0n) is 12.5. The van der Waals surface area contributed by atoms with Crippen molar-refractivity contribution < 1.29 is 19.4 Å². The Morgan fingerprint density at radius 3 is 2.68 bits per heavy atom. The summed E-state index contributed by atoms with van der Waals surface area (Å²) in [5.74, 6) is -1.38. The fourth-order valence-electron chi connectivity index (χ4n) is 2.56. The number of piperidine rings is 1. The van der Waals surface area contributed by atoms with Gasteiger partial charge < -0.3 is 14.8 Å². The first-order chi connectivity index (χ1) is 10.5. The van der Waals surface area contributed by atoms with Gasteiger partial charge in [-0.2, -0.15) is 0 Å². The summed E-state index contributed by atoms with van der Waals surface area (Å²) in [6.07, 6.45) is 1.29. The molecule has 7 nitrogen and oxygen atoms in total. The van der Waals surface area contributed by atoms with Crippen molar-refractivity contribution in [1.29, 1.82) is 0 Å². The van der Waals surface area contributed by atoms with Gasteiger partial charge in [0.1, 0.15) is 0 Å². The van der Waals surface area contributed by atoms with Crippen molar-refractivity contribution in [2.45, 2.75) is 32.7 Å². The number of carbonyl (C=O) groups excluding carboxylic acids is 1. The van der Waals surface area contributed by atoms with Crippen molar-refractivity contribution in [3.8, 4) is 0 Å². The molecule has 22 heavy (non-hydrogen) atoms. The van der Waals surface area contributed by atoms with E-state index in [1.807, 2.05) is 0 Å². The summed E-state index contributed by atoms with van der Waals surface area (Å²) in [6.45, 7) is 3.97. The monoisotopic (exact) mass is 328 g/mol. The van der Waals surface area contributed by atoms with Crippen molar-refractivity contribution in [2.24, 2.45) is 5.92 Å². The minimum Gasteiger partial charge on any atom is -0.481 e. The van der Waals surface area contributed by atoms with Gasteiger partial charge in [0.15, 0.2) is 0 Å². The Kier molecular flexibility index (Phi) is 5.73. The number of carbonyl (C=O) groups is 2. The molecule has 1 saturated heterocycles. The largest absolute Gasteiger partial charge is 0.481 e. The van der Waals surface area contributed by atoms with Crippen LogP contribution in [0.3, 0.4) is 0 Å². The van der Waals surface area contributed by atoms with Crippen LogP contribution in [0, 0.1) is 5.92 Å². The summed E-state index contributed by atoms with van der Waals surface area (Å²) in [4.78, 5) is 39.5. The minimum atomic E-state index is -0.742. The van der Waals surface area contributed by atoms with Crippen LogP contribution in [0.2, 0.25) is 0 Å². The zero-order chi connectivity index (χ0) is 16.1. The molecular weight excluding hydrogens is 308 g/mol. The Hall–Kier alpha value is -1.67. The number of thiazole rings is 1. The molecule has 0 aliphatic carbocycles. The van der Waals surface area contributed by atoms with E-state index in [4.69, 9.17) is 9.84 Å². The second-order valence-corrected chi connectivity index (χ2v) is 6.35. The Morgan fingerprint density at radius 2 is 2.09 bits per heavy atom. The van der Waals surface area contributed by atoms with E-state index in [0.717, 1.165) is 16.2 Å². The van der Waals surface area contributed by atoms with Gasteiger partial charge in [-0.3, -0.25) is 19.3 Å². The van der Waals surface area contributed by atoms with Crippen LogP contribution < -0.4 is 4.87 Å². The Balaban J connectivity index is 1.97. The molecule has 1 aromatic rings. The molecule has 0 amide bonds. The van der Waals surface area contributed by atoms with Crippen molar-refractivity contribution in [3.63, 3.8) is 0 Å². The van der Waals surface area contributed by atoms with Crippen LogP contribution in [0.1, 0.15) is 30.3 Å². The maximum Gasteiger partial charge on any atom is 0.311 e. The predicted molar refractivity (Wildman–Crippen MR) is 80.9 cm³/mol. The number of ether oxygens (including phenoxy) is 1. The number of nitrogens with zero attached hydrogens (tertiary/aromatic N) is 1. The number of aliphatic carboxylic acids is 1. The van der Waals surface area contributed by atoms with Crippen LogP contribution in [0.25, 0.3) is 0 Å². The number of nitrogens with one attached hydrogen (secondary N) is 1. The molecule has 1 aliphatic heterocycles. The van der Waals surface area contributed by atoms with Gasteiger partial charge in [0, 0.05) is 17.1 Å². The molecule has 8 heteroatoms. The first kappa shape index (κ1) is 16.7. The summed E-state index contributed by atoms with van der Waals surface area (Å²) in [7, 11) is 0. The van der Waals surface area contributed by atoms with Gasteiger partial charge in [-0.1, -0.05) is 11.3 Å². The van der Waals surface area contributed by atoms with Crippen molar-refractivity contribution in [1.82, 2.24) is 9.88 Å². The smallest absolute Gasteiger partial charge is 0.311 e. The molecule has 0 radical (unpaired) electrons. The number of aromatic amines is 1. The Morgan fingerprint density at radius 1 is 1.41 bits per heavy atom. The lowest BCUT2D eigenvalue weighted by Crippen LogP contribution is -2.35. The first-order valence-corrected chi connectivity index (χ1v) is 8.13. The molecule has 2 rings (SSSR count). The minimum absolute atomic E-state index is 0.0630. The molecular formula is C14H20N2O5S. The number of hydrogen-bond donors (Lipinski definition) is 2. The van der Waals surface area contributed by atoms with Crippen LogP contribution in [-0.4, -0.2) is 46.6 Å². The van der Waals surface area contributed by atoms with Gasteiger partial charge in [0.05, 0.1) is 18.9 Å². The van der Waals surface area contributed by atoms with Gasteiger partial charge in [0.2, 0.25) is 0 Å². The summed E-state index contributed by atoms with van der Waals surface area (Å²) in [5, 5.41) is 9.00. The molecule has 0 atom stereocenters. The lowest BCUT2D eigenvalue weighted by atomic mass is 9.97. The standard InChI is InChI=1S/C14H20N2O5S/c1-2-21-12(17)7-10-11(22-14(20)15-10)8-16-5-3-9(4-6-16)13(18)19/h9H,2-8H2,1H3,(H,15,20)(H,18,19). The summed E-state index contributed by atoms with van der Waals surface area (Å²) in [6, 6.07) is 0. The molecule has 2 N–H and O–H groups in total. The molecule has 0 spiro atoms. The molecule has 0 aromatic carbocycles. The summed E-state index contributed by atoms with van der Waals surface area (Å²) < 4.78 is 4.91.